The molecule has 2 heterocycles. The van der Waals surface area contributed by atoms with Crippen molar-refractivity contribution in [3.63, 3.8) is 0 Å². The lowest BCUT2D eigenvalue weighted by Crippen LogP contribution is -2.35. The number of aliphatic hydroxyl groups excluding tert-OH is 1. The van der Waals surface area contributed by atoms with Gasteiger partial charge < -0.3 is 9.63 Å². The first-order valence-electron chi connectivity index (χ1n) is 5.69. The summed E-state index contributed by atoms with van der Waals surface area (Å²) in [6.07, 6.45) is -1.12. The summed E-state index contributed by atoms with van der Waals surface area (Å²) in [5, 5.41) is 13.9. The number of rotatable bonds is 1. The van der Waals surface area contributed by atoms with E-state index in [1.165, 1.54) is 0 Å². The zero-order valence-electron chi connectivity index (χ0n) is 11.0. The van der Waals surface area contributed by atoms with Crippen LogP contribution in [-0.2, 0) is 10.2 Å². The maximum atomic E-state index is 12.0. The molecule has 0 aromatic carbocycles. The van der Waals surface area contributed by atoms with E-state index in [0.717, 1.165) is 4.90 Å². The standard InChI is InChI=1S/C12H14BrClN2O3/c1-5-7(14)11(18)16(10(5)17)9-6(13)8(19-15-9)12(2,3)4/h10,17H,1-4H3. The Morgan fingerprint density at radius 3 is 2.42 bits per heavy atom. The van der Waals surface area contributed by atoms with Crippen LogP contribution in [0.15, 0.2) is 19.6 Å². The summed E-state index contributed by atoms with van der Waals surface area (Å²) in [6.45, 7) is 7.48. The lowest BCUT2D eigenvalue weighted by atomic mass is 9.93. The molecule has 104 valence electrons. The highest BCUT2D eigenvalue weighted by atomic mass is 79.9. The summed E-state index contributed by atoms with van der Waals surface area (Å²) in [4.78, 5) is 13.1. The SMILES string of the molecule is CC1=C(Cl)C(=O)N(c2noc(C(C)(C)C)c2Br)C1O. The monoisotopic (exact) mass is 348 g/mol. The number of hydrogen-bond donors (Lipinski definition) is 1. The van der Waals surface area contributed by atoms with Crippen molar-refractivity contribution in [2.45, 2.75) is 39.3 Å². The number of carbonyl (C=O) groups is 1. The predicted octanol–water partition coefficient (Wildman–Crippen LogP) is 2.91. The van der Waals surface area contributed by atoms with Gasteiger partial charge in [0, 0.05) is 11.0 Å². The van der Waals surface area contributed by atoms with Gasteiger partial charge in [-0.2, -0.15) is 0 Å². The van der Waals surface area contributed by atoms with Crippen LogP contribution in [0, 0.1) is 0 Å². The smallest absolute Gasteiger partial charge is 0.273 e. The number of halogens is 2. The first-order valence-corrected chi connectivity index (χ1v) is 6.87. The van der Waals surface area contributed by atoms with Crippen LogP contribution in [0.2, 0.25) is 0 Å². The first-order chi connectivity index (χ1) is 8.66. The minimum Gasteiger partial charge on any atom is -0.369 e. The number of anilines is 1. The lowest BCUT2D eigenvalue weighted by Gasteiger charge is -2.19. The second-order valence-electron chi connectivity index (χ2n) is 5.45. The highest BCUT2D eigenvalue weighted by molar-refractivity contribution is 9.10. The Labute approximate surface area is 124 Å². The summed E-state index contributed by atoms with van der Waals surface area (Å²) < 4.78 is 5.82. The second-order valence-corrected chi connectivity index (χ2v) is 6.62. The molecule has 1 aliphatic rings. The van der Waals surface area contributed by atoms with Crippen molar-refractivity contribution in [2.75, 3.05) is 4.90 Å². The molecule has 0 saturated carbocycles. The van der Waals surface area contributed by atoms with Crippen LogP contribution in [0.25, 0.3) is 0 Å². The number of nitrogens with zero attached hydrogens (tertiary/aromatic N) is 2. The maximum absolute atomic E-state index is 12.0. The number of aromatic nitrogens is 1. The molecule has 0 fully saturated rings. The Balaban J connectivity index is 2.46. The predicted molar refractivity (Wildman–Crippen MR) is 74.9 cm³/mol. The molecule has 1 atom stereocenters. The van der Waals surface area contributed by atoms with E-state index in [1.807, 2.05) is 20.8 Å². The third-order valence-corrected chi connectivity index (χ3v) is 4.09. The van der Waals surface area contributed by atoms with Crippen molar-refractivity contribution in [1.29, 1.82) is 0 Å². The van der Waals surface area contributed by atoms with Crippen LogP contribution < -0.4 is 4.90 Å². The fraction of sp³-hybridized carbons (Fsp3) is 0.500. The molecule has 0 radical (unpaired) electrons. The summed E-state index contributed by atoms with van der Waals surface area (Å²) in [5.41, 5.74) is 0.128. The zero-order chi connectivity index (χ0) is 14.5. The first kappa shape index (κ1) is 14.6. The normalized spacial score (nSPS) is 20.7. The van der Waals surface area contributed by atoms with Gasteiger partial charge in [-0.1, -0.05) is 37.5 Å². The van der Waals surface area contributed by atoms with E-state index in [1.54, 1.807) is 6.92 Å². The van der Waals surface area contributed by atoms with Crippen molar-refractivity contribution >= 4 is 39.3 Å². The van der Waals surface area contributed by atoms with E-state index in [-0.39, 0.29) is 16.3 Å². The fourth-order valence-electron chi connectivity index (χ4n) is 1.79. The van der Waals surface area contributed by atoms with Gasteiger partial charge in [-0.15, -0.1) is 0 Å². The summed E-state index contributed by atoms with van der Waals surface area (Å²) in [5.74, 6) is 0.349. The highest BCUT2D eigenvalue weighted by Crippen LogP contribution is 2.40. The van der Waals surface area contributed by atoms with E-state index in [9.17, 15) is 9.90 Å². The fourth-order valence-corrected chi connectivity index (χ4v) is 2.91. The van der Waals surface area contributed by atoms with Crippen molar-refractivity contribution in [3.8, 4) is 0 Å². The van der Waals surface area contributed by atoms with E-state index in [4.69, 9.17) is 16.1 Å². The highest BCUT2D eigenvalue weighted by Gasteiger charge is 2.40. The zero-order valence-corrected chi connectivity index (χ0v) is 13.3. The van der Waals surface area contributed by atoms with E-state index >= 15 is 0 Å². The third-order valence-electron chi connectivity index (χ3n) is 2.91. The quantitative estimate of drug-likeness (QED) is 0.846. The lowest BCUT2D eigenvalue weighted by molar-refractivity contribution is -0.115. The Morgan fingerprint density at radius 1 is 1.47 bits per heavy atom. The molecule has 1 unspecified atom stereocenters. The van der Waals surface area contributed by atoms with E-state index in [2.05, 4.69) is 21.1 Å². The molecule has 1 amide bonds. The molecule has 0 saturated heterocycles. The average molecular weight is 350 g/mol. The van der Waals surface area contributed by atoms with Gasteiger partial charge in [0.15, 0.2) is 17.8 Å². The molecule has 0 aliphatic carbocycles. The van der Waals surface area contributed by atoms with Gasteiger partial charge in [-0.05, 0) is 22.9 Å². The molecule has 1 aliphatic heterocycles. The van der Waals surface area contributed by atoms with Gasteiger partial charge in [0.1, 0.15) is 9.51 Å². The number of hydrogen-bond acceptors (Lipinski definition) is 4. The largest absolute Gasteiger partial charge is 0.369 e. The molecule has 1 aromatic rings. The van der Waals surface area contributed by atoms with Gasteiger partial charge in [-0.25, -0.2) is 0 Å². The topological polar surface area (TPSA) is 66.6 Å². The number of carbonyl (C=O) groups excluding carboxylic acids is 1. The molecular weight excluding hydrogens is 336 g/mol. The van der Waals surface area contributed by atoms with Gasteiger partial charge >= 0.3 is 0 Å². The minimum atomic E-state index is -1.12. The molecule has 5 nitrogen and oxygen atoms in total. The Bertz CT molecular complexity index is 574. The molecule has 2 rings (SSSR count). The van der Waals surface area contributed by atoms with Crippen LogP contribution in [0.1, 0.15) is 33.5 Å². The minimum absolute atomic E-state index is 0.0136. The molecule has 0 spiro atoms. The van der Waals surface area contributed by atoms with E-state index < -0.39 is 12.1 Å². The molecular formula is C12H14BrClN2O3. The van der Waals surface area contributed by atoms with Crippen LogP contribution in [0.3, 0.4) is 0 Å². The van der Waals surface area contributed by atoms with Gasteiger partial charge in [-0.3, -0.25) is 9.69 Å². The second kappa shape index (κ2) is 4.61. The van der Waals surface area contributed by atoms with Gasteiger partial charge in [0.2, 0.25) is 0 Å². The summed E-state index contributed by atoms with van der Waals surface area (Å²) in [7, 11) is 0. The Hall–Kier alpha value is -0.850. The third kappa shape index (κ3) is 2.22. The van der Waals surface area contributed by atoms with Crippen molar-refractivity contribution in [2.24, 2.45) is 0 Å². The van der Waals surface area contributed by atoms with E-state index in [0.29, 0.717) is 15.8 Å². The van der Waals surface area contributed by atoms with Crippen molar-refractivity contribution in [3.05, 3.63) is 20.8 Å². The van der Waals surface area contributed by atoms with Crippen LogP contribution in [0.5, 0.6) is 0 Å². The van der Waals surface area contributed by atoms with Crippen molar-refractivity contribution in [1.82, 2.24) is 5.16 Å². The van der Waals surface area contributed by atoms with Crippen molar-refractivity contribution < 1.29 is 14.4 Å². The van der Waals surface area contributed by atoms with Crippen LogP contribution in [0.4, 0.5) is 5.82 Å². The van der Waals surface area contributed by atoms with Crippen LogP contribution >= 0.6 is 27.5 Å². The molecule has 7 heteroatoms. The van der Waals surface area contributed by atoms with Crippen LogP contribution in [-0.4, -0.2) is 22.4 Å². The van der Waals surface area contributed by atoms with Gasteiger partial charge in [0.05, 0.1) is 0 Å². The van der Waals surface area contributed by atoms with Gasteiger partial charge in [0.25, 0.3) is 5.91 Å². The average Bonchev–Trinajstić information content (AvgIpc) is 2.76. The molecule has 1 aromatic heterocycles. The molecule has 1 N–H and O–H groups in total. The summed E-state index contributed by atoms with van der Waals surface area (Å²) in [6, 6.07) is 0. The Kier molecular flexibility index (Phi) is 3.53. The maximum Gasteiger partial charge on any atom is 0.273 e. The Morgan fingerprint density at radius 2 is 2.05 bits per heavy atom. The number of aliphatic hydroxyl groups is 1. The molecule has 19 heavy (non-hydrogen) atoms. The molecule has 0 bridgehead atoms. The summed E-state index contributed by atoms with van der Waals surface area (Å²) >= 11 is 9.23. The number of amides is 1.